The van der Waals surface area contributed by atoms with E-state index in [9.17, 15) is 4.79 Å². The van der Waals surface area contributed by atoms with E-state index < -0.39 is 0 Å². The van der Waals surface area contributed by atoms with Gasteiger partial charge in [0, 0.05) is 25.8 Å². The van der Waals surface area contributed by atoms with E-state index in [1.54, 1.807) is 12.3 Å². The van der Waals surface area contributed by atoms with Gasteiger partial charge in [-0.2, -0.15) is 0 Å². The van der Waals surface area contributed by atoms with E-state index >= 15 is 0 Å². The summed E-state index contributed by atoms with van der Waals surface area (Å²) in [4.78, 5) is 18.7. The molecule has 0 unspecified atom stereocenters. The number of nitrogens with two attached hydrogens (primary N) is 1. The van der Waals surface area contributed by atoms with E-state index in [0.29, 0.717) is 31.9 Å². The fourth-order valence-electron chi connectivity index (χ4n) is 2.17. The first kappa shape index (κ1) is 14.7. The second kappa shape index (κ2) is 7.81. The van der Waals surface area contributed by atoms with Crippen LogP contribution in [-0.4, -0.2) is 50.3 Å². The van der Waals surface area contributed by atoms with E-state index in [2.05, 4.69) is 15.2 Å². The van der Waals surface area contributed by atoms with Crippen molar-refractivity contribution in [3.05, 3.63) is 23.9 Å². The van der Waals surface area contributed by atoms with Crippen molar-refractivity contribution in [2.45, 2.75) is 12.8 Å². The normalized spacial score (nSPS) is 15.2. The molecule has 6 heteroatoms. The summed E-state index contributed by atoms with van der Waals surface area (Å²) in [6.07, 6.45) is 3.54. The standard InChI is InChI=1S/C14H22N4O2/c15-5-1-2-6-17-14(19)12-4-3-7-16-13(12)18-8-10-20-11-9-18/h3-4,7H,1-2,5-6,8-11,15H2,(H,17,19). The van der Waals surface area contributed by atoms with Crippen LogP contribution < -0.4 is 16.0 Å². The number of rotatable bonds is 6. The van der Waals surface area contributed by atoms with Gasteiger partial charge >= 0.3 is 0 Å². The predicted octanol–water partition coefficient (Wildman–Crippen LogP) is 0.387. The zero-order valence-electron chi connectivity index (χ0n) is 11.7. The number of unbranched alkanes of at least 4 members (excludes halogenated alkanes) is 1. The predicted molar refractivity (Wildman–Crippen MR) is 77.9 cm³/mol. The van der Waals surface area contributed by atoms with Gasteiger partial charge in [-0.15, -0.1) is 0 Å². The lowest BCUT2D eigenvalue weighted by Gasteiger charge is -2.29. The maximum absolute atomic E-state index is 12.2. The zero-order chi connectivity index (χ0) is 14.2. The van der Waals surface area contributed by atoms with E-state index in [0.717, 1.165) is 31.7 Å². The third kappa shape index (κ3) is 3.91. The number of nitrogens with one attached hydrogen (secondary N) is 1. The highest BCUT2D eigenvalue weighted by Crippen LogP contribution is 2.18. The number of anilines is 1. The second-order valence-electron chi connectivity index (χ2n) is 4.73. The Morgan fingerprint density at radius 2 is 2.20 bits per heavy atom. The first-order valence-electron chi connectivity index (χ1n) is 7.09. The number of aromatic nitrogens is 1. The molecule has 6 nitrogen and oxygen atoms in total. The summed E-state index contributed by atoms with van der Waals surface area (Å²) in [5.41, 5.74) is 6.06. The van der Waals surface area contributed by atoms with E-state index in [-0.39, 0.29) is 5.91 Å². The van der Waals surface area contributed by atoms with Gasteiger partial charge in [-0.25, -0.2) is 4.98 Å². The summed E-state index contributed by atoms with van der Waals surface area (Å²) in [5, 5.41) is 2.92. The van der Waals surface area contributed by atoms with Crippen molar-refractivity contribution in [3.63, 3.8) is 0 Å². The van der Waals surface area contributed by atoms with E-state index in [1.165, 1.54) is 0 Å². The number of morpholine rings is 1. The van der Waals surface area contributed by atoms with Crippen molar-refractivity contribution < 1.29 is 9.53 Å². The van der Waals surface area contributed by atoms with Crippen LogP contribution in [0.4, 0.5) is 5.82 Å². The fraction of sp³-hybridized carbons (Fsp3) is 0.571. The van der Waals surface area contributed by atoms with Gasteiger partial charge in [0.25, 0.3) is 5.91 Å². The van der Waals surface area contributed by atoms with E-state index in [4.69, 9.17) is 10.5 Å². The molecular weight excluding hydrogens is 256 g/mol. The fourth-order valence-corrected chi connectivity index (χ4v) is 2.17. The second-order valence-corrected chi connectivity index (χ2v) is 4.73. The molecule has 1 saturated heterocycles. The number of amides is 1. The van der Waals surface area contributed by atoms with Gasteiger partial charge in [-0.1, -0.05) is 0 Å². The van der Waals surface area contributed by atoms with Gasteiger partial charge in [0.2, 0.25) is 0 Å². The average Bonchev–Trinajstić information content (AvgIpc) is 2.52. The molecule has 2 rings (SSSR count). The molecule has 1 amide bonds. The highest BCUT2D eigenvalue weighted by molar-refractivity contribution is 5.98. The number of nitrogens with zero attached hydrogens (tertiary/aromatic N) is 2. The molecule has 1 aliphatic rings. The van der Waals surface area contributed by atoms with Crippen LogP contribution >= 0.6 is 0 Å². The largest absolute Gasteiger partial charge is 0.378 e. The van der Waals surface area contributed by atoms with Gasteiger partial charge in [-0.05, 0) is 31.5 Å². The van der Waals surface area contributed by atoms with Crippen LogP contribution in [0.5, 0.6) is 0 Å². The summed E-state index contributed by atoms with van der Waals surface area (Å²) in [6, 6.07) is 3.61. The number of ether oxygens (including phenoxy) is 1. The molecule has 1 aromatic rings. The molecule has 0 aliphatic carbocycles. The third-order valence-electron chi connectivity index (χ3n) is 3.26. The lowest BCUT2D eigenvalue weighted by atomic mass is 10.2. The van der Waals surface area contributed by atoms with Crippen LogP contribution in [0.3, 0.4) is 0 Å². The molecule has 20 heavy (non-hydrogen) atoms. The monoisotopic (exact) mass is 278 g/mol. The Morgan fingerprint density at radius 1 is 1.40 bits per heavy atom. The number of carbonyl (C=O) groups excluding carboxylic acids is 1. The molecular formula is C14H22N4O2. The summed E-state index contributed by atoms with van der Waals surface area (Å²) in [5.74, 6) is 0.670. The highest BCUT2D eigenvalue weighted by atomic mass is 16.5. The van der Waals surface area contributed by atoms with Crippen molar-refractivity contribution in [2.75, 3.05) is 44.3 Å². The molecule has 0 spiro atoms. The third-order valence-corrected chi connectivity index (χ3v) is 3.26. The molecule has 0 saturated carbocycles. The summed E-state index contributed by atoms with van der Waals surface area (Å²) < 4.78 is 5.33. The summed E-state index contributed by atoms with van der Waals surface area (Å²) in [7, 11) is 0. The average molecular weight is 278 g/mol. The van der Waals surface area contributed by atoms with Gasteiger partial charge in [-0.3, -0.25) is 4.79 Å². The van der Waals surface area contributed by atoms with Crippen molar-refractivity contribution in [1.29, 1.82) is 0 Å². The number of hydrogen-bond donors (Lipinski definition) is 2. The minimum atomic E-state index is -0.0726. The highest BCUT2D eigenvalue weighted by Gasteiger charge is 2.19. The topological polar surface area (TPSA) is 80.5 Å². The molecule has 0 radical (unpaired) electrons. The van der Waals surface area contributed by atoms with Crippen LogP contribution in [0, 0.1) is 0 Å². The van der Waals surface area contributed by atoms with Crippen LogP contribution in [0.25, 0.3) is 0 Å². The van der Waals surface area contributed by atoms with Crippen LogP contribution in [0.15, 0.2) is 18.3 Å². The molecule has 0 atom stereocenters. The molecule has 2 heterocycles. The van der Waals surface area contributed by atoms with E-state index in [1.807, 2.05) is 6.07 Å². The minimum Gasteiger partial charge on any atom is -0.378 e. The molecule has 110 valence electrons. The zero-order valence-corrected chi connectivity index (χ0v) is 11.7. The van der Waals surface area contributed by atoms with Crippen LogP contribution in [0.1, 0.15) is 23.2 Å². The van der Waals surface area contributed by atoms with Gasteiger partial charge in [0.05, 0.1) is 18.8 Å². The maximum atomic E-state index is 12.2. The Hall–Kier alpha value is -1.66. The Balaban J connectivity index is 2.01. The number of hydrogen-bond acceptors (Lipinski definition) is 5. The first-order valence-corrected chi connectivity index (χ1v) is 7.09. The molecule has 0 aromatic carbocycles. The van der Waals surface area contributed by atoms with Crippen LogP contribution in [0.2, 0.25) is 0 Å². The summed E-state index contributed by atoms with van der Waals surface area (Å²) in [6.45, 7) is 4.19. The smallest absolute Gasteiger partial charge is 0.255 e. The van der Waals surface area contributed by atoms with Gasteiger partial charge in [0.15, 0.2) is 0 Å². The summed E-state index contributed by atoms with van der Waals surface area (Å²) >= 11 is 0. The van der Waals surface area contributed by atoms with Crippen LogP contribution in [-0.2, 0) is 4.74 Å². The lowest BCUT2D eigenvalue weighted by Crippen LogP contribution is -2.38. The molecule has 1 aliphatic heterocycles. The first-order chi connectivity index (χ1) is 9.83. The Bertz CT molecular complexity index is 433. The van der Waals surface area contributed by atoms with Gasteiger partial charge in [0.1, 0.15) is 5.82 Å². The van der Waals surface area contributed by atoms with Crippen molar-refractivity contribution in [2.24, 2.45) is 5.73 Å². The Labute approximate surface area is 119 Å². The molecule has 3 N–H and O–H groups in total. The van der Waals surface area contributed by atoms with Gasteiger partial charge < -0.3 is 20.7 Å². The van der Waals surface area contributed by atoms with Crippen molar-refractivity contribution >= 4 is 11.7 Å². The number of pyridine rings is 1. The van der Waals surface area contributed by atoms with Crippen molar-refractivity contribution in [1.82, 2.24) is 10.3 Å². The lowest BCUT2D eigenvalue weighted by molar-refractivity contribution is 0.0951. The number of carbonyl (C=O) groups is 1. The maximum Gasteiger partial charge on any atom is 0.255 e. The molecule has 0 bridgehead atoms. The quantitative estimate of drug-likeness (QED) is 0.736. The van der Waals surface area contributed by atoms with Crippen molar-refractivity contribution in [3.8, 4) is 0 Å². The molecule has 1 aromatic heterocycles. The Morgan fingerprint density at radius 3 is 2.95 bits per heavy atom. The SMILES string of the molecule is NCCCCNC(=O)c1cccnc1N1CCOCC1. The Kier molecular flexibility index (Phi) is 5.76. The minimum absolute atomic E-state index is 0.0726. The molecule has 1 fully saturated rings.